The highest BCUT2D eigenvalue weighted by Gasteiger charge is 2.23. The molecule has 3 heterocycles. The van der Waals surface area contributed by atoms with Crippen molar-refractivity contribution in [2.75, 3.05) is 32.8 Å². The molecule has 0 atom stereocenters. The Morgan fingerprint density at radius 3 is 2.72 bits per heavy atom. The first kappa shape index (κ1) is 18.0. The summed E-state index contributed by atoms with van der Waals surface area (Å²) in [5.74, 6) is 1.11. The van der Waals surface area contributed by atoms with Gasteiger partial charge in [-0.1, -0.05) is 6.07 Å². The maximum atomic E-state index is 12.2. The molecule has 0 aromatic carbocycles. The minimum atomic E-state index is 0.234. The van der Waals surface area contributed by atoms with Gasteiger partial charge < -0.3 is 9.64 Å². The average molecular weight is 341 g/mol. The second-order valence-electron chi connectivity index (χ2n) is 7.13. The molecule has 2 aliphatic heterocycles. The molecule has 134 valence electrons. The van der Waals surface area contributed by atoms with Crippen molar-refractivity contribution in [3.63, 3.8) is 0 Å². The Hall–Kier alpha value is -1.77. The number of rotatable bonds is 6. The Balaban J connectivity index is 1.37. The molecular weight excluding hydrogens is 314 g/mol. The highest BCUT2D eigenvalue weighted by atomic mass is 16.5. The molecule has 0 radical (unpaired) electrons. The van der Waals surface area contributed by atoms with Crippen molar-refractivity contribution in [1.82, 2.24) is 9.88 Å². The van der Waals surface area contributed by atoms with E-state index in [-0.39, 0.29) is 5.92 Å². The zero-order valence-corrected chi connectivity index (χ0v) is 14.8. The molecule has 25 heavy (non-hydrogen) atoms. The van der Waals surface area contributed by atoms with Gasteiger partial charge in [-0.15, -0.1) is 0 Å². The predicted molar refractivity (Wildman–Crippen MR) is 95.2 cm³/mol. The Labute approximate surface area is 150 Å². The molecule has 5 heteroatoms. The number of nitriles is 1. The number of pyridine rings is 1. The molecule has 0 N–H and O–H groups in total. The van der Waals surface area contributed by atoms with Gasteiger partial charge in [-0.05, 0) is 63.9 Å². The van der Waals surface area contributed by atoms with Crippen LogP contribution in [0.2, 0.25) is 0 Å². The van der Waals surface area contributed by atoms with E-state index in [4.69, 9.17) is 10.00 Å². The monoisotopic (exact) mass is 341 g/mol. The largest absolute Gasteiger partial charge is 0.381 e. The summed E-state index contributed by atoms with van der Waals surface area (Å²) in [5, 5.41) is 8.98. The van der Waals surface area contributed by atoms with Crippen molar-refractivity contribution < 1.29 is 9.53 Å². The first-order valence-electron chi connectivity index (χ1n) is 9.46. The Morgan fingerprint density at radius 2 is 2.00 bits per heavy atom. The van der Waals surface area contributed by atoms with Gasteiger partial charge in [-0.3, -0.25) is 4.79 Å². The number of ether oxygens (including phenoxy) is 1. The van der Waals surface area contributed by atoms with Gasteiger partial charge >= 0.3 is 0 Å². The summed E-state index contributed by atoms with van der Waals surface area (Å²) < 4.78 is 5.33. The van der Waals surface area contributed by atoms with E-state index in [9.17, 15) is 4.79 Å². The molecular formula is C20H27N3O2. The van der Waals surface area contributed by atoms with E-state index < -0.39 is 0 Å². The first-order valence-corrected chi connectivity index (χ1v) is 9.46. The van der Waals surface area contributed by atoms with Gasteiger partial charge in [-0.2, -0.15) is 5.26 Å². The topological polar surface area (TPSA) is 66.2 Å². The van der Waals surface area contributed by atoms with Gasteiger partial charge in [-0.25, -0.2) is 4.98 Å². The fourth-order valence-electron chi connectivity index (χ4n) is 3.89. The van der Waals surface area contributed by atoms with Crippen LogP contribution in [0.4, 0.5) is 0 Å². The predicted octanol–water partition coefficient (Wildman–Crippen LogP) is 2.91. The number of ketones is 1. The van der Waals surface area contributed by atoms with Crippen LogP contribution in [-0.2, 0) is 9.53 Å². The fraction of sp³-hybridized carbons (Fsp3) is 0.650. The van der Waals surface area contributed by atoms with E-state index in [0.717, 1.165) is 70.6 Å². The van der Waals surface area contributed by atoms with Gasteiger partial charge in [0.15, 0.2) is 0 Å². The maximum Gasteiger partial charge on any atom is 0.140 e. The number of Topliss-reactive ketones (excluding diaryl/α,β-unsaturated/α-hetero) is 1. The number of hydrogen-bond acceptors (Lipinski definition) is 5. The van der Waals surface area contributed by atoms with Crippen LogP contribution < -0.4 is 0 Å². The summed E-state index contributed by atoms with van der Waals surface area (Å²) in [4.78, 5) is 19.1. The van der Waals surface area contributed by atoms with Crippen LogP contribution in [0.3, 0.4) is 0 Å². The van der Waals surface area contributed by atoms with Gasteiger partial charge in [0.05, 0.1) is 0 Å². The molecule has 0 unspecified atom stereocenters. The van der Waals surface area contributed by atoms with Crippen LogP contribution in [0.15, 0.2) is 18.2 Å². The van der Waals surface area contributed by atoms with E-state index in [1.54, 1.807) is 6.07 Å². The third-order valence-electron chi connectivity index (χ3n) is 5.47. The fourth-order valence-corrected chi connectivity index (χ4v) is 3.89. The van der Waals surface area contributed by atoms with E-state index in [1.165, 1.54) is 0 Å². The Kier molecular flexibility index (Phi) is 6.55. The molecule has 3 rings (SSSR count). The van der Waals surface area contributed by atoms with E-state index in [1.807, 2.05) is 12.1 Å². The standard InChI is InChI=1S/C20H27N3O2/c21-15-18-3-1-4-19(22-18)16-6-11-23(12-7-16)10-2-5-20(24)17-8-13-25-14-9-17/h1,3-4,16-17H,2,5-14H2. The summed E-state index contributed by atoms with van der Waals surface area (Å²) in [6.07, 6.45) is 5.63. The van der Waals surface area contributed by atoms with Crippen LogP contribution in [-0.4, -0.2) is 48.5 Å². The number of likely N-dealkylation sites (tertiary alicyclic amines) is 1. The lowest BCUT2D eigenvalue weighted by molar-refractivity contribution is -0.125. The van der Waals surface area contributed by atoms with Crippen molar-refractivity contribution in [2.24, 2.45) is 5.92 Å². The quantitative estimate of drug-likeness (QED) is 0.796. The van der Waals surface area contributed by atoms with Gasteiger partial charge in [0.25, 0.3) is 0 Å². The first-order chi connectivity index (χ1) is 12.3. The molecule has 2 aliphatic rings. The number of aromatic nitrogens is 1. The molecule has 0 aliphatic carbocycles. The van der Waals surface area contributed by atoms with Gasteiger partial charge in [0.1, 0.15) is 17.5 Å². The van der Waals surface area contributed by atoms with E-state index >= 15 is 0 Å². The minimum Gasteiger partial charge on any atom is -0.381 e. The summed E-state index contributed by atoms with van der Waals surface area (Å²) in [5.41, 5.74) is 1.56. The highest BCUT2D eigenvalue weighted by molar-refractivity contribution is 5.81. The van der Waals surface area contributed by atoms with Crippen molar-refractivity contribution in [3.8, 4) is 6.07 Å². The molecule has 2 saturated heterocycles. The smallest absolute Gasteiger partial charge is 0.140 e. The second kappa shape index (κ2) is 9.07. The van der Waals surface area contributed by atoms with Crippen LogP contribution in [0.25, 0.3) is 0 Å². The molecule has 1 aromatic heterocycles. The molecule has 0 spiro atoms. The van der Waals surface area contributed by atoms with Gasteiger partial charge in [0, 0.05) is 37.2 Å². The SMILES string of the molecule is N#Cc1cccc(C2CCN(CCCC(=O)C3CCOCC3)CC2)n1. The zero-order valence-electron chi connectivity index (χ0n) is 14.8. The molecule has 0 amide bonds. The van der Waals surface area contributed by atoms with Crippen LogP contribution in [0.1, 0.15) is 55.8 Å². The lowest BCUT2D eigenvalue weighted by Crippen LogP contribution is -2.34. The zero-order chi connectivity index (χ0) is 17.5. The third kappa shape index (κ3) is 5.10. The summed E-state index contributed by atoms with van der Waals surface area (Å²) in [7, 11) is 0. The Bertz CT molecular complexity index is 612. The highest BCUT2D eigenvalue weighted by Crippen LogP contribution is 2.27. The van der Waals surface area contributed by atoms with Crippen LogP contribution >= 0.6 is 0 Å². The van der Waals surface area contributed by atoms with Crippen LogP contribution in [0.5, 0.6) is 0 Å². The number of hydrogen-bond donors (Lipinski definition) is 0. The molecule has 2 fully saturated rings. The summed E-state index contributed by atoms with van der Waals surface area (Å²) in [6, 6.07) is 7.84. The van der Waals surface area contributed by atoms with E-state index in [0.29, 0.717) is 23.8 Å². The van der Waals surface area contributed by atoms with Gasteiger partial charge in [0.2, 0.25) is 0 Å². The Morgan fingerprint density at radius 1 is 1.24 bits per heavy atom. The number of nitrogens with zero attached hydrogens (tertiary/aromatic N) is 3. The summed E-state index contributed by atoms with van der Waals surface area (Å²) >= 11 is 0. The molecule has 5 nitrogen and oxygen atoms in total. The number of carbonyl (C=O) groups excluding carboxylic acids is 1. The van der Waals surface area contributed by atoms with E-state index in [2.05, 4.69) is 16.0 Å². The maximum absolute atomic E-state index is 12.2. The van der Waals surface area contributed by atoms with Crippen molar-refractivity contribution >= 4 is 5.78 Å². The molecule has 1 aromatic rings. The summed E-state index contributed by atoms with van der Waals surface area (Å²) in [6.45, 7) is 4.59. The van der Waals surface area contributed by atoms with Crippen molar-refractivity contribution in [1.29, 1.82) is 5.26 Å². The number of piperidine rings is 1. The third-order valence-corrected chi connectivity index (χ3v) is 5.47. The van der Waals surface area contributed by atoms with Crippen LogP contribution in [0, 0.1) is 17.2 Å². The molecule has 0 saturated carbocycles. The lowest BCUT2D eigenvalue weighted by Gasteiger charge is -2.31. The average Bonchev–Trinajstić information content (AvgIpc) is 2.69. The van der Waals surface area contributed by atoms with Crippen molar-refractivity contribution in [3.05, 3.63) is 29.6 Å². The second-order valence-corrected chi connectivity index (χ2v) is 7.13. The lowest BCUT2D eigenvalue weighted by atomic mass is 9.91. The molecule has 0 bridgehead atoms. The normalized spacial score (nSPS) is 20.3. The number of carbonyl (C=O) groups is 1. The van der Waals surface area contributed by atoms with Crippen molar-refractivity contribution in [2.45, 2.75) is 44.4 Å². The minimum absolute atomic E-state index is 0.234.